The number of amides is 1. The minimum absolute atomic E-state index is 0.159. The van der Waals surface area contributed by atoms with Crippen LogP contribution in [-0.4, -0.2) is 12.5 Å². The van der Waals surface area contributed by atoms with Gasteiger partial charge in [0.25, 0.3) is 0 Å². The monoisotopic (exact) mass is 315 g/mol. The van der Waals surface area contributed by atoms with E-state index in [2.05, 4.69) is 5.32 Å². The Morgan fingerprint density at radius 2 is 1.91 bits per heavy atom. The first kappa shape index (κ1) is 16.1. The normalized spacial score (nSPS) is 10.6. The molecule has 0 bridgehead atoms. The van der Waals surface area contributed by atoms with Gasteiger partial charge in [0, 0.05) is 17.6 Å². The minimum Gasteiger partial charge on any atom is -0.494 e. The topological polar surface area (TPSA) is 38.3 Å². The van der Waals surface area contributed by atoms with E-state index in [0.717, 1.165) is 16.9 Å². The molecule has 0 spiro atoms. The van der Waals surface area contributed by atoms with E-state index in [1.54, 1.807) is 12.1 Å². The van der Waals surface area contributed by atoms with E-state index in [-0.39, 0.29) is 5.91 Å². The third kappa shape index (κ3) is 4.93. The first-order chi connectivity index (χ1) is 10.7. The Hall–Kier alpha value is -2.26. The average molecular weight is 316 g/mol. The lowest BCUT2D eigenvalue weighted by atomic mass is 10.2. The molecule has 22 heavy (non-hydrogen) atoms. The summed E-state index contributed by atoms with van der Waals surface area (Å²) in [4.78, 5) is 11.8. The van der Waals surface area contributed by atoms with Gasteiger partial charge in [-0.2, -0.15) is 0 Å². The van der Waals surface area contributed by atoms with E-state index in [0.29, 0.717) is 18.2 Å². The quantitative estimate of drug-likeness (QED) is 0.816. The Morgan fingerprint density at radius 3 is 2.59 bits per heavy atom. The predicted molar refractivity (Wildman–Crippen MR) is 89.9 cm³/mol. The van der Waals surface area contributed by atoms with Crippen molar-refractivity contribution in [2.45, 2.75) is 13.5 Å². The van der Waals surface area contributed by atoms with Crippen molar-refractivity contribution in [1.82, 2.24) is 5.32 Å². The van der Waals surface area contributed by atoms with Crippen LogP contribution in [0.15, 0.2) is 54.6 Å². The van der Waals surface area contributed by atoms with Crippen molar-refractivity contribution in [3.05, 3.63) is 70.8 Å². The molecule has 0 fully saturated rings. The predicted octanol–water partition coefficient (Wildman–Crippen LogP) is 4.07. The molecule has 2 rings (SSSR count). The molecule has 114 valence electrons. The smallest absolute Gasteiger partial charge is 0.244 e. The second-order valence-corrected chi connectivity index (χ2v) is 5.06. The molecule has 0 aliphatic rings. The first-order valence-corrected chi connectivity index (χ1v) is 7.49. The zero-order valence-corrected chi connectivity index (χ0v) is 13.1. The Bertz CT molecular complexity index is 650. The Kier molecular flexibility index (Phi) is 6.04. The van der Waals surface area contributed by atoms with Crippen LogP contribution >= 0.6 is 11.6 Å². The largest absolute Gasteiger partial charge is 0.494 e. The molecule has 3 nitrogen and oxygen atoms in total. The average Bonchev–Trinajstić information content (AvgIpc) is 2.54. The molecule has 0 aliphatic heterocycles. The highest BCUT2D eigenvalue weighted by molar-refractivity contribution is 6.32. The zero-order valence-electron chi connectivity index (χ0n) is 12.4. The Morgan fingerprint density at radius 1 is 1.18 bits per heavy atom. The molecule has 2 aromatic carbocycles. The van der Waals surface area contributed by atoms with Gasteiger partial charge in [0.2, 0.25) is 5.91 Å². The lowest BCUT2D eigenvalue weighted by Crippen LogP contribution is -2.20. The molecule has 0 saturated carbocycles. The van der Waals surface area contributed by atoms with Crippen LogP contribution < -0.4 is 10.1 Å². The van der Waals surface area contributed by atoms with Crippen LogP contribution in [0.1, 0.15) is 18.1 Å². The zero-order chi connectivity index (χ0) is 15.8. The molecule has 4 heteroatoms. The molecule has 0 heterocycles. The van der Waals surface area contributed by atoms with Gasteiger partial charge in [0.05, 0.1) is 6.61 Å². The number of halogens is 1. The fourth-order valence-electron chi connectivity index (χ4n) is 1.89. The van der Waals surface area contributed by atoms with Crippen LogP contribution in [0.2, 0.25) is 5.02 Å². The van der Waals surface area contributed by atoms with Crippen LogP contribution in [-0.2, 0) is 11.3 Å². The molecular weight excluding hydrogens is 298 g/mol. The fraction of sp³-hybridized carbons (Fsp3) is 0.167. The van der Waals surface area contributed by atoms with E-state index < -0.39 is 0 Å². The van der Waals surface area contributed by atoms with Crippen molar-refractivity contribution >= 4 is 23.6 Å². The maximum absolute atomic E-state index is 11.8. The van der Waals surface area contributed by atoms with Gasteiger partial charge >= 0.3 is 0 Å². The molecule has 0 aromatic heterocycles. The number of hydrogen-bond acceptors (Lipinski definition) is 2. The molecule has 0 atom stereocenters. The molecule has 0 radical (unpaired) electrons. The molecule has 1 N–H and O–H groups in total. The van der Waals surface area contributed by atoms with Gasteiger partial charge < -0.3 is 10.1 Å². The van der Waals surface area contributed by atoms with Gasteiger partial charge in [0.1, 0.15) is 5.75 Å². The Balaban J connectivity index is 1.86. The van der Waals surface area contributed by atoms with Crippen molar-refractivity contribution < 1.29 is 9.53 Å². The van der Waals surface area contributed by atoms with Gasteiger partial charge in [-0.15, -0.1) is 0 Å². The van der Waals surface area contributed by atoms with Crippen molar-refractivity contribution in [1.29, 1.82) is 0 Å². The van der Waals surface area contributed by atoms with Crippen LogP contribution in [0.4, 0.5) is 0 Å². The highest BCUT2D eigenvalue weighted by Gasteiger charge is 1.99. The maximum Gasteiger partial charge on any atom is 0.244 e. The number of benzene rings is 2. The van der Waals surface area contributed by atoms with Gasteiger partial charge in [0.15, 0.2) is 0 Å². The Labute approximate surface area is 135 Å². The van der Waals surface area contributed by atoms with Crippen LogP contribution in [0.3, 0.4) is 0 Å². The molecule has 0 unspecified atom stereocenters. The number of hydrogen-bond donors (Lipinski definition) is 1. The van der Waals surface area contributed by atoms with Crippen molar-refractivity contribution in [3.63, 3.8) is 0 Å². The summed E-state index contributed by atoms with van der Waals surface area (Å²) in [6, 6.07) is 15.0. The van der Waals surface area contributed by atoms with Crippen molar-refractivity contribution in [3.8, 4) is 5.75 Å². The maximum atomic E-state index is 11.8. The first-order valence-electron chi connectivity index (χ1n) is 7.11. The van der Waals surface area contributed by atoms with Crippen molar-refractivity contribution in [2.75, 3.05) is 6.61 Å². The molecule has 1 amide bonds. The summed E-state index contributed by atoms with van der Waals surface area (Å²) in [5, 5.41) is 3.45. The summed E-state index contributed by atoms with van der Waals surface area (Å²) in [5.41, 5.74) is 1.84. The van der Waals surface area contributed by atoms with Gasteiger partial charge in [-0.05, 0) is 42.3 Å². The van der Waals surface area contributed by atoms with Crippen LogP contribution in [0, 0.1) is 0 Å². The highest BCUT2D eigenvalue weighted by Crippen LogP contribution is 2.16. The summed E-state index contributed by atoms with van der Waals surface area (Å²) in [6.45, 7) is 3.06. The molecule has 0 aliphatic carbocycles. The SMILES string of the molecule is CCOc1ccc(CNC(=O)/C=C/c2ccccc2Cl)cc1. The van der Waals surface area contributed by atoms with E-state index in [1.807, 2.05) is 49.4 Å². The highest BCUT2D eigenvalue weighted by atomic mass is 35.5. The van der Waals surface area contributed by atoms with E-state index >= 15 is 0 Å². The van der Waals surface area contributed by atoms with Crippen molar-refractivity contribution in [2.24, 2.45) is 0 Å². The molecular formula is C18H18ClNO2. The van der Waals surface area contributed by atoms with E-state index in [1.165, 1.54) is 6.08 Å². The second kappa shape index (κ2) is 8.25. The summed E-state index contributed by atoms with van der Waals surface area (Å²) in [7, 11) is 0. The van der Waals surface area contributed by atoms with E-state index in [9.17, 15) is 4.79 Å². The molecule has 2 aromatic rings. The summed E-state index contributed by atoms with van der Waals surface area (Å²) in [5.74, 6) is 0.671. The summed E-state index contributed by atoms with van der Waals surface area (Å²) in [6.07, 6.45) is 3.19. The number of nitrogens with one attached hydrogen (secondary N) is 1. The van der Waals surface area contributed by atoms with E-state index in [4.69, 9.17) is 16.3 Å². The number of carbonyl (C=O) groups excluding carboxylic acids is 1. The third-order valence-corrected chi connectivity index (χ3v) is 3.36. The number of carbonyl (C=O) groups is 1. The lowest BCUT2D eigenvalue weighted by molar-refractivity contribution is -0.116. The molecule has 0 saturated heterocycles. The minimum atomic E-state index is -0.159. The van der Waals surface area contributed by atoms with Gasteiger partial charge in [-0.3, -0.25) is 4.79 Å². The third-order valence-electron chi connectivity index (χ3n) is 3.02. The van der Waals surface area contributed by atoms with Gasteiger partial charge in [-0.25, -0.2) is 0 Å². The summed E-state index contributed by atoms with van der Waals surface area (Å²) < 4.78 is 5.37. The standard InChI is InChI=1S/C18H18ClNO2/c1-2-22-16-10-7-14(8-11-16)13-20-18(21)12-9-15-5-3-4-6-17(15)19/h3-12H,2,13H2,1H3,(H,20,21)/b12-9+. The fourth-order valence-corrected chi connectivity index (χ4v) is 2.09. The number of ether oxygens (including phenoxy) is 1. The summed E-state index contributed by atoms with van der Waals surface area (Å²) >= 11 is 6.03. The van der Waals surface area contributed by atoms with Gasteiger partial charge in [-0.1, -0.05) is 41.9 Å². The number of rotatable bonds is 6. The van der Waals surface area contributed by atoms with Crippen LogP contribution in [0.5, 0.6) is 5.75 Å². The second-order valence-electron chi connectivity index (χ2n) is 4.65. The van der Waals surface area contributed by atoms with Crippen LogP contribution in [0.25, 0.3) is 6.08 Å². The lowest BCUT2D eigenvalue weighted by Gasteiger charge is -2.05.